The van der Waals surface area contributed by atoms with Crippen molar-refractivity contribution in [2.75, 3.05) is 0 Å². The third-order valence-electron chi connectivity index (χ3n) is 10.8. The summed E-state index contributed by atoms with van der Waals surface area (Å²) in [5.74, 6) is 0.509. The summed E-state index contributed by atoms with van der Waals surface area (Å²) < 4.78 is 0. The molecule has 0 N–H and O–H groups in total. The van der Waals surface area contributed by atoms with Gasteiger partial charge < -0.3 is 0 Å². The van der Waals surface area contributed by atoms with Gasteiger partial charge in [-0.2, -0.15) is 0 Å². The van der Waals surface area contributed by atoms with E-state index in [1.165, 1.54) is 49.7 Å². The lowest BCUT2D eigenvalue weighted by atomic mass is 9.57. The molecule has 0 radical (unpaired) electrons. The van der Waals surface area contributed by atoms with E-state index in [1.54, 1.807) is 0 Å². The highest BCUT2D eigenvalue weighted by molar-refractivity contribution is 6.14. The first-order valence-corrected chi connectivity index (χ1v) is 18.1. The van der Waals surface area contributed by atoms with Gasteiger partial charge in [-0.25, -0.2) is 4.99 Å². The van der Waals surface area contributed by atoms with Gasteiger partial charge in [0.15, 0.2) is 0 Å². The monoisotopic (exact) mass is 653 g/mol. The molecular formula is C50H39N. The second-order valence-corrected chi connectivity index (χ2v) is 14.0. The van der Waals surface area contributed by atoms with Crippen LogP contribution >= 0.6 is 0 Å². The number of rotatable bonds is 5. The highest BCUT2D eigenvalue weighted by Gasteiger charge is 2.46. The van der Waals surface area contributed by atoms with Crippen molar-refractivity contribution in [3.63, 3.8) is 0 Å². The topological polar surface area (TPSA) is 12.4 Å². The minimum absolute atomic E-state index is 0.508. The van der Waals surface area contributed by atoms with E-state index in [1.807, 2.05) is 0 Å². The second kappa shape index (κ2) is 13.0. The predicted molar refractivity (Wildman–Crippen MR) is 215 cm³/mol. The molecule has 1 heteroatoms. The van der Waals surface area contributed by atoms with Crippen LogP contribution in [0.4, 0.5) is 0 Å². The Morgan fingerprint density at radius 1 is 0.627 bits per heavy atom. The Morgan fingerprint density at radius 2 is 1.31 bits per heavy atom. The van der Waals surface area contributed by atoms with Crippen LogP contribution < -0.4 is 0 Å². The molecule has 9 rings (SSSR count). The Balaban J connectivity index is 1.33. The lowest BCUT2D eigenvalue weighted by Gasteiger charge is -2.45. The van der Waals surface area contributed by atoms with Crippen LogP contribution in [-0.2, 0) is 11.8 Å². The molecule has 6 aromatic carbocycles. The summed E-state index contributed by atoms with van der Waals surface area (Å²) in [6, 6.07) is 55.1. The van der Waals surface area contributed by atoms with Crippen molar-refractivity contribution < 1.29 is 0 Å². The van der Waals surface area contributed by atoms with Crippen LogP contribution in [0.5, 0.6) is 0 Å². The van der Waals surface area contributed by atoms with E-state index in [9.17, 15) is 0 Å². The van der Waals surface area contributed by atoms with Crippen LogP contribution in [0.3, 0.4) is 0 Å². The van der Waals surface area contributed by atoms with Gasteiger partial charge in [-0.05, 0) is 80.6 Å². The smallest absolute Gasteiger partial charge is 0.0721 e. The SMILES string of the molecule is CC1C=CC2=C(Cc3ccccc3C2(c2ccccc2)c2ccccc2C2=N/C(c3cccc4ccccc34)=C\C(c3ccccc3)=C\C=C2)C1. The van der Waals surface area contributed by atoms with Crippen molar-refractivity contribution in [2.45, 2.75) is 25.2 Å². The van der Waals surface area contributed by atoms with E-state index in [4.69, 9.17) is 4.99 Å². The molecule has 244 valence electrons. The summed E-state index contributed by atoms with van der Waals surface area (Å²) in [5.41, 5.74) is 14.2. The Kier molecular flexibility index (Phi) is 7.90. The molecule has 2 atom stereocenters. The van der Waals surface area contributed by atoms with Gasteiger partial charge in [0, 0.05) is 11.1 Å². The largest absolute Gasteiger partial charge is 0.248 e. The molecule has 0 amide bonds. The molecule has 0 aromatic heterocycles. The van der Waals surface area contributed by atoms with Gasteiger partial charge in [-0.3, -0.25) is 0 Å². The fourth-order valence-electron chi connectivity index (χ4n) is 8.58. The number of hydrogen-bond donors (Lipinski definition) is 0. The molecular weight excluding hydrogens is 615 g/mol. The third-order valence-corrected chi connectivity index (χ3v) is 10.8. The molecule has 0 spiro atoms. The van der Waals surface area contributed by atoms with Gasteiger partial charge in [0.25, 0.3) is 0 Å². The molecule has 1 heterocycles. The number of allylic oxidation sites excluding steroid dienone is 9. The predicted octanol–water partition coefficient (Wildman–Crippen LogP) is 12.1. The zero-order valence-electron chi connectivity index (χ0n) is 28.8. The van der Waals surface area contributed by atoms with Crippen molar-refractivity contribution in [3.05, 3.63) is 238 Å². The van der Waals surface area contributed by atoms with Crippen molar-refractivity contribution >= 4 is 27.8 Å². The summed E-state index contributed by atoms with van der Waals surface area (Å²) in [5, 5.41) is 2.40. The van der Waals surface area contributed by atoms with Crippen molar-refractivity contribution in [1.29, 1.82) is 0 Å². The van der Waals surface area contributed by atoms with Crippen molar-refractivity contribution in [3.8, 4) is 0 Å². The summed E-state index contributed by atoms with van der Waals surface area (Å²) in [6.45, 7) is 2.34. The summed E-state index contributed by atoms with van der Waals surface area (Å²) in [7, 11) is 0. The van der Waals surface area contributed by atoms with Crippen LogP contribution in [-0.4, -0.2) is 5.71 Å². The van der Waals surface area contributed by atoms with E-state index >= 15 is 0 Å². The Morgan fingerprint density at radius 3 is 2.18 bits per heavy atom. The fourth-order valence-corrected chi connectivity index (χ4v) is 8.58. The fraction of sp³-hybridized carbons (Fsp3) is 0.100. The summed E-state index contributed by atoms with van der Waals surface area (Å²) in [6.07, 6.45) is 15.8. The van der Waals surface area contributed by atoms with Crippen LogP contribution in [0.1, 0.15) is 52.3 Å². The van der Waals surface area contributed by atoms with Gasteiger partial charge in [0.2, 0.25) is 0 Å². The molecule has 1 aliphatic heterocycles. The maximum atomic E-state index is 5.67. The van der Waals surface area contributed by atoms with Crippen molar-refractivity contribution in [2.24, 2.45) is 10.9 Å². The van der Waals surface area contributed by atoms with E-state index in [0.717, 1.165) is 41.0 Å². The Bertz CT molecular complexity index is 2460. The average molecular weight is 654 g/mol. The Labute approximate surface area is 301 Å². The van der Waals surface area contributed by atoms with Crippen LogP contribution in [0.25, 0.3) is 22.0 Å². The van der Waals surface area contributed by atoms with E-state index < -0.39 is 5.41 Å². The highest BCUT2D eigenvalue weighted by Crippen LogP contribution is 2.54. The minimum Gasteiger partial charge on any atom is -0.248 e. The van der Waals surface area contributed by atoms with Crippen LogP contribution in [0.15, 0.2) is 204 Å². The van der Waals surface area contributed by atoms with E-state index in [0.29, 0.717) is 5.92 Å². The first-order valence-electron chi connectivity index (χ1n) is 18.1. The maximum absolute atomic E-state index is 5.67. The summed E-state index contributed by atoms with van der Waals surface area (Å²) >= 11 is 0. The van der Waals surface area contributed by atoms with Crippen LogP contribution in [0, 0.1) is 5.92 Å². The van der Waals surface area contributed by atoms with Crippen molar-refractivity contribution in [1.82, 2.24) is 0 Å². The summed E-state index contributed by atoms with van der Waals surface area (Å²) in [4.78, 5) is 5.67. The molecule has 3 aliphatic rings. The lowest BCUT2D eigenvalue weighted by Crippen LogP contribution is -2.38. The normalized spacial score (nSPS) is 21.7. The number of nitrogens with zero attached hydrogens (tertiary/aromatic N) is 1. The highest BCUT2D eigenvalue weighted by atomic mass is 14.8. The quantitative estimate of drug-likeness (QED) is 0.176. The standard InChI is InChI=1S/C50H39N/c1-35-30-31-46-40(32-35)33-39-19-9-12-27-45(39)50(46,41-22-6-3-7-23-41)47-28-13-11-25-44(47)48-29-15-21-38(36-16-4-2-5-17-36)34-49(51-48)43-26-14-20-37-18-8-10-24-42(37)43/h2-31,34-35H,32-33H2,1H3/b21-15?,29-15?,38-21-,38-34?,48-29?,49-34-,51-48?,51-49?. The molecule has 0 bridgehead atoms. The molecule has 0 saturated heterocycles. The van der Waals surface area contributed by atoms with E-state index in [2.05, 4.69) is 195 Å². The number of benzene rings is 6. The first-order chi connectivity index (χ1) is 25.2. The second-order valence-electron chi connectivity index (χ2n) is 14.0. The third kappa shape index (κ3) is 5.38. The molecule has 0 saturated carbocycles. The minimum atomic E-state index is -0.508. The Hall–Kier alpha value is -6.05. The molecule has 6 aromatic rings. The van der Waals surface area contributed by atoms with Gasteiger partial charge in [-0.15, -0.1) is 0 Å². The molecule has 2 unspecified atom stereocenters. The molecule has 51 heavy (non-hydrogen) atoms. The zero-order valence-corrected chi connectivity index (χ0v) is 28.8. The first kappa shape index (κ1) is 31.0. The number of aliphatic imine (C=N–C) groups is 1. The van der Waals surface area contributed by atoms with E-state index in [-0.39, 0.29) is 0 Å². The number of fused-ring (bicyclic) bond motifs is 2. The van der Waals surface area contributed by atoms with Gasteiger partial charge in [-0.1, -0.05) is 188 Å². The van der Waals surface area contributed by atoms with Gasteiger partial charge in [0.1, 0.15) is 0 Å². The average Bonchev–Trinajstić information content (AvgIpc) is 3.17. The number of hydrogen-bond acceptors (Lipinski definition) is 1. The van der Waals surface area contributed by atoms with Gasteiger partial charge in [0.05, 0.1) is 16.8 Å². The zero-order chi connectivity index (χ0) is 34.2. The maximum Gasteiger partial charge on any atom is 0.0721 e. The van der Waals surface area contributed by atoms with Gasteiger partial charge >= 0.3 is 0 Å². The molecule has 2 aliphatic carbocycles. The molecule has 1 nitrogen and oxygen atoms in total. The lowest BCUT2D eigenvalue weighted by molar-refractivity contribution is 0.619. The molecule has 0 fully saturated rings. The van der Waals surface area contributed by atoms with Crippen LogP contribution in [0.2, 0.25) is 0 Å².